The lowest BCUT2D eigenvalue weighted by Crippen LogP contribution is -2.29. The summed E-state index contributed by atoms with van der Waals surface area (Å²) in [5.74, 6) is 0.387. The molecule has 27 heavy (non-hydrogen) atoms. The first-order valence-corrected chi connectivity index (χ1v) is 10.5. The third-order valence-corrected chi connectivity index (χ3v) is 5.35. The van der Waals surface area contributed by atoms with Gasteiger partial charge in [0.25, 0.3) is 0 Å². The van der Waals surface area contributed by atoms with Crippen LogP contribution in [0.1, 0.15) is 25.0 Å². The molecule has 0 saturated carbocycles. The van der Waals surface area contributed by atoms with E-state index < -0.39 is 10.0 Å². The number of hydrogen-bond acceptors (Lipinski definition) is 4. The molecular weight excluding hydrogens is 362 g/mol. The number of sulfonamides is 1. The van der Waals surface area contributed by atoms with Crippen LogP contribution in [0.3, 0.4) is 0 Å². The van der Waals surface area contributed by atoms with Gasteiger partial charge in [-0.05, 0) is 41.7 Å². The monoisotopic (exact) mass is 389 g/mol. The van der Waals surface area contributed by atoms with E-state index >= 15 is 0 Å². The van der Waals surface area contributed by atoms with Crippen molar-refractivity contribution in [1.29, 1.82) is 0 Å². The van der Waals surface area contributed by atoms with Gasteiger partial charge >= 0.3 is 0 Å². The van der Waals surface area contributed by atoms with Crippen LogP contribution in [0.4, 0.5) is 5.69 Å². The number of carbonyl (C=O) groups is 1. The minimum atomic E-state index is -3.64. The number of anilines is 1. The molecule has 0 aromatic heterocycles. The van der Waals surface area contributed by atoms with Crippen molar-refractivity contribution < 1.29 is 13.2 Å². The Morgan fingerprint density at radius 1 is 1.07 bits per heavy atom. The van der Waals surface area contributed by atoms with Crippen LogP contribution in [0.5, 0.6) is 0 Å². The molecule has 0 spiro atoms. The third kappa shape index (κ3) is 6.78. The fourth-order valence-electron chi connectivity index (χ4n) is 2.67. The summed E-state index contributed by atoms with van der Waals surface area (Å²) in [6, 6.07) is 14.1. The normalized spacial score (nSPS) is 11.6. The molecule has 6 nitrogen and oxygen atoms in total. The number of rotatable bonds is 9. The minimum absolute atomic E-state index is 0.0896. The summed E-state index contributed by atoms with van der Waals surface area (Å²) in [4.78, 5) is 12.4. The molecule has 0 aliphatic heterocycles. The highest BCUT2D eigenvalue weighted by Crippen LogP contribution is 2.16. The minimum Gasteiger partial charge on any atom is -0.329 e. The average molecular weight is 390 g/mol. The van der Waals surface area contributed by atoms with E-state index in [0.29, 0.717) is 11.6 Å². The van der Waals surface area contributed by atoms with Crippen LogP contribution < -0.4 is 15.8 Å². The zero-order chi connectivity index (χ0) is 19.9. The van der Waals surface area contributed by atoms with Gasteiger partial charge in [0.1, 0.15) is 0 Å². The van der Waals surface area contributed by atoms with E-state index in [1.54, 1.807) is 12.1 Å². The smallest absolute Gasteiger partial charge is 0.240 e. The first-order valence-electron chi connectivity index (χ1n) is 8.97. The molecule has 4 N–H and O–H groups in total. The largest absolute Gasteiger partial charge is 0.329 e. The fraction of sp³-hybridized carbons (Fsp3) is 0.350. The molecule has 0 heterocycles. The van der Waals surface area contributed by atoms with Crippen LogP contribution in [0.2, 0.25) is 0 Å². The van der Waals surface area contributed by atoms with Crippen LogP contribution in [0.15, 0.2) is 53.4 Å². The average Bonchev–Trinajstić information content (AvgIpc) is 2.61. The molecule has 0 saturated heterocycles. The summed E-state index contributed by atoms with van der Waals surface area (Å²) < 4.78 is 26.7. The van der Waals surface area contributed by atoms with Gasteiger partial charge in [0.05, 0.1) is 11.3 Å². The molecule has 0 fully saturated rings. The zero-order valence-corrected chi connectivity index (χ0v) is 16.6. The molecule has 146 valence electrons. The maximum absolute atomic E-state index is 12.3. The van der Waals surface area contributed by atoms with Gasteiger partial charge in [-0.15, -0.1) is 0 Å². The maximum atomic E-state index is 12.3. The van der Waals surface area contributed by atoms with Crippen molar-refractivity contribution in [3.63, 3.8) is 0 Å². The molecular formula is C20H27N3O3S. The van der Waals surface area contributed by atoms with Gasteiger partial charge in [-0.3, -0.25) is 4.79 Å². The molecule has 0 radical (unpaired) electrons. The number of hydrogen-bond donors (Lipinski definition) is 3. The van der Waals surface area contributed by atoms with E-state index in [4.69, 9.17) is 5.73 Å². The van der Waals surface area contributed by atoms with Crippen molar-refractivity contribution in [1.82, 2.24) is 4.72 Å². The van der Waals surface area contributed by atoms with Crippen molar-refractivity contribution in [2.24, 2.45) is 11.7 Å². The van der Waals surface area contributed by atoms with Crippen LogP contribution in [-0.4, -0.2) is 27.4 Å². The van der Waals surface area contributed by atoms with Crippen LogP contribution >= 0.6 is 0 Å². The molecule has 2 aromatic carbocycles. The lowest BCUT2D eigenvalue weighted by atomic mass is 10.0. The van der Waals surface area contributed by atoms with Gasteiger partial charge < -0.3 is 11.1 Å². The van der Waals surface area contributed by atoms with Crippen LogP contribution in [0, 0.1) is 5.92 Å². The third-order valence-electron chi connectivity index (χ3n) is 3.90. The lowest BCUT2D eigenvalue weighted by molar-refractivity contribution is -0.115. The summed E-state index contributed by atoms with van der Waals surface area (Å²) in [6.07, 6.45) is 1.23. The molecule has 0 bridgehead atoms. The number of benzene rings is 2. The van der Waals surface area contributed by atoms with Crippen LogP contribution in [0.25, 0.3) is 0 Å². The number of carbonyl (C=O) groups excluding carboxylic acids is 1. The second-order valence-electron chi connectivity index (χ2n) is 6.85. The van der Waals surface area contributed by atoms with Crippen LogP contribution in [-0.2, 0) is 27.7 Å². The van der Waals surface area contributed by atoms with Gasteiger partial charge in [0, 0.05) is 18.8 Å². The summed E-state index contributed by atoms with van der Waals surface area (Å²) in [7, 11) is -3.64. The number of nitrogens with two attached hydrogens (primary N) is 1. The summed E-state index contributed by atoms with van der Waals surface area (Å²) in [6.45, 7) is 4.71. The molecule has 1 amide bonds. The molecule has 0 unspecified atom stereocenters. The second kappa shape index (κ2) is 9.64. The van der Waals surface area contributed by atoms with E-state index in [9.17, 15) is 13.2 Å². The van der Waals surface area contributed by atoms with E-state index in [0.717, 1.165) is 12.0 Å². The van der Waals surface area contributed by atoms with Crippen molar-refractivity contribution in [3.05, 3.63) is 59.7 Å². The highest BCUT2D eigenvalue weighted by Gasteiger charge is 2.14. The molecule has 0 aliphatic carbocycles. The van der Waals surface area contributed by atoms with Gasteiger partial charge in [-0.25, -0.2) is 13.1 Å². The Morgan fingerprint density at radius 3 is 2.37 bits per heavy atom. The highest BCUT2D eigenvalue weighted by atomic mass is 32.2. The Bertz CT molecular complexity index is 862. The Kier molecular flexibility index (Phi) is 7.53. The maximum Gasteiger partial charge on any atom is 0.240 e. The van der Waals surface area contributed by atoms with E-state index in [1.165, 1.54) is 17.7 Å². The Hall–Kier alpha value is -2.22. The number of amides is 1. The quantitative estimate of drug-likeness (QED) is 0.612. The van der Waals surface area contributed by atoms with Crippen molar-refractivity contribution in [2.45, 2.75) is 31.6 Å². The van der Waals surface area contributed by atoms with E-state index in [-0.39, 0.29) is 30.3 Å². The molecule has 7 heteroatoms. The Balaban J connectivity index is 2.00. The lowest BCUT2D eigenvalue weighted by Gasteiger charge is -2.10. The van der Waals surface area contributed by atoms with Crippen molar-refractivity contribution in [3.8, 4) is 0 Å². The first kappa shape index (κ1) is 21.1. The van der Waals surface area contributed by atoms with Gasteiger partial charge in [-0.2, -0.15) is 0 Å². The Morgan fingerprint density at radius 2 is 1.74 bits per heavy atom. The SMILES string of the molecule is CC(C)Cc1ccc(CC(=O)Nc2cccc(S(=O)(=O)NCCN)c2)cc1. The molecule has 2 aromatic rings. The van der Waals surface area contributed by atoms with Crippen molar-refractivity contribution >= 4 is 21.6 Å². The summed E-state index contributed by atoms with van der Waals surface area (Å²) in [5, 5.41) is 2.75. The standard InChI is InChI=1S/C20H27N3O3S/c1-15(2)12-16-6-8-17(9-7-16)13-20(24)23-18-4-3-5-19(14-18)27(25,26)22-11-10-21/h3-9,14-15,22H,10-13,21H2,1-2H3,(H,23,24). The highest BCUT2D eigenvalue weighted by molar-refractivity contribution is 7.89. The van der Waals surface area contributed by atoms with Crippen molar-refractivity contribution in [2.75, 3.05) is 18.4 Å². The zero-order valence-electron chi connectivity index (χ0n) is 15.7. The van der Waals surface area contributed by atoms with E-state index in [2.05, 4.69) is 23.9 Å². The predicted molar refractivity (Wildman–Crippen MR) is 108 cm³/mol. The van der Waals surface area contributed by atoms with Gasteiger partial charge in [0.2, 0.25) is 15.9 Å². The Labute approximate surface area is 161 Å². The topological polar surface area (TPSA) is 101 Å². The molecule has 0 atom stereocenters. The first-order chi connectivity index (χ1) is 12.8. The number of nitrogens with one attached hydrogen (secondary N) is 2. The fourth-order valence-corrected chi connectivity index (χ4v) is 3.77. The second-order valence-corrected chi connectivity index (χ2v) is 8.62. The summed E-state index contributed by atoms with van der Waals surface area (Å²) in [5.41, 5.74) is 7.93. The molecule has 0 aliphatic rings. The van der Waals surface area contributed by atoms with Gasteiger partial charge in [-0.1, -0.05) is 44.2 Å². The summed E-state index contributed by atoms with van der Waals surface area (Å²) >= 11 is 0. The predicted octanol–water partition coefficient (Wildman–Crippen LogP) is 2.30. The molecule has 2 rings (SSSR count). The van der Waals surface area contributed by atoms with Gasteiger partial charge in [0.15, 0.2) is 0 Å². The van der Waals surface area contributed by atoms with E-state index in [1.807, 2.05) is 24.3 Å².